The highest BCUT2D eigenvalue weighted by atomic mass is 32.2. The van der Waals surface area contributed by atoms with Crippen LogP contribution in [0.4, 0.5) is 0 Å². The number of aromatic amines is 1. The van der Waals surface area contributed by atoms with Crippen molar-refractivity contribution in [1.29, 1.82) is 0 Å². The van der Waals surface area contributed by atoms with Gasteiger partial charge in [-0.3, -0.25) is 0 Å². The molecule has 0 radical (unpaired) electrons. The van der Waals surface area contributed by atoms with Gasteiger partial charge in [0.25, 0.3) is 0 Å². The van der Waals surface area contributed by atoms with Gasteiger partial charge in [0.15, 0.2) is 0 Å². The normalized spacial score (nSPS) is 16.7. The van der Waals surface area contributed by atoms with Gasteiger partial charge in [0.1, 0.15) is 10.6 Å². The first kappa shape index (κ1) is 14.1. The van der Waals surface area contributed by atoms with Gasteiger partial charge in [-0.25, -0.2) is 13.2 Å². The van der Waals surface area contributed by atoms with Crippen molar-refractivity contribution in [3.63, 3.8) is 0 Å². The van der Waals surface area contributed by atoms with E-state index >= 15 is 0 Å². The molecular formula is C12H18N2O4S. The van der Waals surface area contributed by atoms with Crippen LogP contribution in [0.5, 0.6) is 0 Å². The van der Waals surface area contributed by atoms with Crippen LogP contribution in [-0.4, -0.2) is 43.4 Å². The molecule has 19 heavy (non-hydrogen) atoms. The number of ether oxygens (including phenoxy) is 1. The Labute approximate surface area is 112 Å². The molecule has 1 aromatic rings. The van der Waals surface area contributed by atoms with Crippen molar-refractivity contribution in [2.75, 3.05) is 19.7 Å². The van der Waals surface area contributed by atoms with Gasteiger partial charge in [-0.05, 0) is 25.3 Å². The number of nitrogens with one attached hydrogen (secondary N) is 1. The Bertz CT molecular complexity index is 544. The zero-order chi connectivity index (χ0) is 13.9. The Morgan fingerprint density at radius 2 is 2.11 bits per heavy atom. The van der Waals surface area contributed by atoms with Gasteiger partial charge < -0.3 is 9.72 Å². The molecule has 0 spiro atoms. The second-order valence-electron chi connectivity index (χ2n) is 4.50. The third-order valence-electron chi connectivity index (χ3n) is 3.02. The van der Waals surface area contributed by atoms with E-state index in [1.54, 1.807) is 0 Å². The fourth-order valence-electron chi connectivity index (χ4n) is 1.99. The number of rotatable bonds is 5. The van der Waals surface area contributed by atoms with E-state index in [4.69, 9.17) is 4.74 Å². The number of esters is 1. The van der Waals surface area contributed by atoms with Gasteiger partial charge in [-0.1, -0.05) is 6.92 Å². The number of H-pyrrole nitrogens is 1. The summed E-state index contributed by atoms with van der Waals surface area (Å²) < 4.78 is 30.9. The first-order valence-corrected chi connectivity index (χ1v) is 7.85. The van der Waals surface area contributed by atoms with Crippen molar-refractivity contribution < 1.29 is 17.9 Å². The van der Waals surface area contributed by atoms with Gasteiger partial charge in [-0.2, -0.15) is 4.31 Å². The van der Waals surface area contributed by atoms with Crippen molar-refractivity contribution in [3.05, 3.63) is 18.0 Å². The monoisotopic (exact) mass is 286 g/mol. The van der Waals surface area contributed by atoms with Crippen molar-refractivity contribution in [2.24, 2.45) is 0 Å². The Morgan fingerprint density at radius 1 is 1.42 bits per heavy atom. The maximum Gasteiger partial charge on any atom is 0.354 e. The molecule has 2 heterocycles. The molecule has 1 aliphatic rings. The number of carbonyl (C=O) groups is 1. The minimum absolute atomic E-state index is 0.123. The van der Waals surface area contributed by atoms with Gasteiger partial charge >= 0.3 is 5.97 Å². The highest BCUT2D eigenvalue weighted by Gasteiger charge is 2.28. The minimum atomic E-state index is -3.48. The van der Waals surface area contributed by atoms with Crippen LogP contribution in [0.2, 0.25) is 0 Å². The molecule has 0 atom stereocenters. The summed E-state index contributed by atoms with van der Waals surface area (Å²) in [5, 5.41) is 0. The standard InChI is InChI=1S/C12H18N2O4S/c1-2-7-18-12(15)11-8-10(9-13-11)19(16,17)14-5-3-4-6-14/h8-9,13H,2-7H2,1H3. The minimum Gasteiger partial charge on any atom is -0.461 e. The van der Waals surface area contributed by atoms with E-state index in [0.717, 1.165) is 19.3 Å². The molecule has 7 heteroatoms. The molecule has 1 aliphatic heterocycles. The van der Waals surface area contributed by atoms with Crippen LogP contribution in [0.3, 0.4) is 0 Å². The molecule has 0 unspecified atom stereocenters. The third-order valence-corrected chi connectivity index (χ3v) is 4.89. The van der Waals surface area contributed by atoms with E-state index in [0.29, 0.717) is 19.7 Å². The Kier molecular flexibility index (Phi) is 4.26. The summed E-state index contributed by atoms with van der Waals surface area (Å²) in [4.78, 5) is 14.4. The van der Waals surface area contributed by atoms with Crippen LogP contribution in [0, 0.1) is 0 Å². The summed E-state index contributed by atoms with van der Waals surface area (Å²) in [5.74, 6) is -0.523. The lowest BCUT2D eigenvalue weighted by atomic mass is 10.4. The fraction of sp³-hybridized carbons (Fsp3) is 0.583. The number of sulfonamides is 1. The fourth-order valence-corrected chi connectivity index (χ4v) is 3.50. The summed E-state index contributed by atoms with van der Waals surface area (Å²) in [6.45, 7) is 3.31. The molecule has 0 aromatic carbocycles. The molecule has 0 bridgehead atoms. The smallest absolute Gasteiger partial charge is 0.354 e. The van der Waals surface area contributed by atoms with E-state index in [1.165, 1.54) is 16.6 Å². The molecule has 2 rings (SSSR count). The van der Waals surface area contributed by atoms with Crippen LogP contribution in [0.1, 0.15) is 36.7 Å². The van der Waals surface area contributed by atoms with E-state index in [-0.39, 0.29) is 10.6 Å². The van der Waals surface area contributed by atoms with Crippen molar-refractivity contribution >= 4 is 16.0 Å². The maximum atomic E-state index is 12.2. The second kappa shape index (κ2) is 5.75. The number of carbonyl (C=O) groups excluding carboxylic acids is 1. The Morgan fingerprint density at radius 3 is 2.74 bits per heavy atom. The zero-order valence-corrected chi connectivity index (χ0v) is 11.7. The average molecular weight is 286 g/mol. The summed E-state index contributed by atoms with van der Waals surface area (Å²) in [6, 6.07) is 1.34. The van der Waals surface area contributed by atoms with Crippen molar-refractivity contribution in [3.8, 4) is 0 Å². The lowest BCUT2D eigenvalue weighted by Crippen LogP contribution is -2.27. The first-order chi connectivity index (χ1) is 9.05. The Balaban J connectivity index is 2.14. The van der Waals surface area contributed by atoms with E-state index in [9.17, 15) is 13.2 Å². The molecule has 106 valence electrons. The van der Waals surface area contributed by atoms with E-state index in [1.807, 2.05) is 6.92 Å². The van der Waals surface area contributed by atoms with Crippen LogP contribution < -0.4 is 0 Å². The van der Waals surface area contributed by atoms with E-state index < -0.39 is 16.0 Å². The molecule has 1 fully saturated rings. The number of aromatic nitrogens is 1. The summed E-state index contributed by atoms with van der Waals surface area (Å²) >= 11 is 0. The van der Waals surface area contributed by atoms with Crippen LogP contribution in [-0.2, 0) is 14.8 Å². The lowest BCUT2D eigenvalue weighted by molar-refractivity contribution is 0.0499. The average Bonchev–Trinajstić information content (AvgIpc) is 3.05. The summed E-state index contributed by atoms with van der Waals surface area (Å²) in [7, 11) is -3.48. The van der Waals surface area contributed by atoms with Crippen molar-refractivity contribution in [2.45, 2.75) is 31.1 Å². The third kappa shape index (κ3) is 2.98. The zero-order valence-electron chi connectivity index (χ0n) is 10.9. The molecule has 0 aliphatic carbocycles. The lowest BCUT2D eigenvalue weighted by Gasteiger charge is -2.13. The molecule has 1 N–H and O–H groups in total. The number of hydrogen-bond acceptors (Lipinski definition) is 4. The maximum absolute atomic E-state index is 12.2. The molecule has 0 saturated carbocycles. The van der Waals surface area contributed by atoms with Crippen LogP contribution >= 0.6 is 0 Å². The molecular weight excluding hydrogens is 268 g/mol. The highest BCUT2D eigenvalue weighted by molar-refractivity contribution is 7.89. The predicted octanol–water partition coefficient (Wildman–Crippen LogP) is 1.37. The molecule has 6 nitrogen and oxygen atoms in total. The number of hydrogen-bond donors (Lipinski definition) is 1. The quantitative estimate of drug-likeness (QED) is 0.829. The van der Waals surface area contributed by atoms with Gasteiger partial charge in [0.05, 0.1) is 6.61 Å². The second-order valence-corrected chi connectivity index (χ2v) is 6.43. The summed E-state index contributed by atoms with van der Waals surface area (Å²) in [5.41, 5.74) is 0.172. The molecule has 0 amide bonds. The SMILES string of the molecule is CCCOC(=O)c1cc(S(=O)(=O)N2CCCC2)c[nH]1. The topological polar surface area (TPSA) is 79.5 Å². The largest absolute Gasteiger partial charge is 0.461 e. The first-order valence-electron chi connectivity index (χ1n) is 6.41. The van der Waals surface area contributed by atoms with Crippen LogP contribution in [0.15, 0.2) is 17.2 Å². The highest BCUT2D eigenvalue weighted by Crippen LogP contribution is 2.21. The van der Waals surface area contributed by atoms with Crippen LogP contribution in [0.25, 0.3) is 0 Å². The van der Waals surface area contributed by atoms with Crippen molar-refractivity contribution in [1.82, 2.24) is 9.29 Å². The molecule has 1 saturated heterocycles. The Hall–Kier alpha value is -1.34. The predicted molar refractivity (Wildman–Crippen MR) is 69.4 cm³/mol. The van der Waals surface area contributed by atoms with Gasteiger partial charge in [0, 0.05) is 19.3 Å². The molecule has 1 aromatic heterocycles. The van der Waals surface area contributed by atoms with E-state index in [2.05, 4.69) is 4.98 Å². The summed E-state index contributed by atoms with van der Waals surface area (Å²) in [6.07, 6.45) is 3.84. The van der Waals surface area contributed by atoms with Gasteiger partial charge in [0.2, 0.25) is 10.0 Å². The number of nitrogens with zero attached hydrogens (tertiary/aromatic N) is 1. The van der Waals surface area contributed by atoms with Gasteiger partial charge in [-0.15, -0.1) is 0 Å².